The molecule has 1 aromatic carbocycles. The van der Waals surface area contributed by atoms with E-state index in [0.717, 1.165) is 16.8 Å². The minimum absolute atomic E-state index is 0.246. The SMILES string of the molecule is COC(=O)C1Cc2onc(-c3ccc(Cl)cc3)c2C(OC)C1. The van der Waals surface area contributed by atoms with Crippen LogP contribution in [0, 0.1) is 5.92 Å². The maximum Gasteiger partial charge on any atom is 0.309 e. The molecule has 1 aromatic heterocycles. The minimum Gasteiger partial charge on any atom is -0.469 e. The molecule has 6 heteroatoms. The van der Waals surface area contributed by atoms with Crippen molar-refractivity contribution in [1.29, 1.82) is 0 Å². The van der Waals surface area contributed by atoms with Gasteiger partial charge < -0.3 is 14.0 Å². The van der Waals surface area contributed by atoms with E-state index in [1.165, 1.54) is 7.11 Å². The monoisotopic (exact) mass is 321 g/mol. The Bertz CT molecular complexity index is 680. The number of fused-ring (bicyclic) bond motifs is 1. The molecular formula is C16H16ClNO4. The number of benzene rings is 1. The summed E-state index contributed by atoms with van der Waals surface area (Å²) in [6, 6.07) is 7.39. The summed E-state index contributed by atoms with van der Waals surface area (Å²) in [7, 11) is 3.01. The Morgan fingerprint density at radius 1 is 1.32 bits per heavy atom. The molecule has 0 radical (unpaired) electrons. The van der Waals surface area contributed by atoms with Gasteiger partial charge in [0.15, 0.2) is 0 Å². The van der Waals surface area contributed by atoms with E-state index in [0.29, 0.717) is 23.6 Å². The number of rotatable bonds is 3. The predicted octanol–water partition coefficient (Wildman–Crippen LogP) is 3.42. The van der Waals surface area contributed by atoms with Gasteiger partial charge in [-0.25, -0.2) is 0 Å². The van der Waals surface area contributed by atoms with Crippen LogP contribution in [0.15, 0.2) is 28.8 Å². The van der Waals surface area contributed by atoms with Crippen molar-refractivity contribution < 1.29 is 18.8 Å². The number of carbonyl (C=O) groups excluding carboxylic acids is 1. The third-order valence-corrected chi connectivity index (χ3v) is 4.24. The first kappa shape index (κ1) is 15.1. The number of halogens is 1. The second-order valence-electron chi connectivity index (χ2n) is 5.26. The van der Waals surface area contributed by atoms with Crippen molar-refractivity contribution in [1.82, 2.24) is 5.16 Å². The minimum atomic E-state index is -0.270. The summed E-state index contributed by atoms with van der Waals surface area (Å²) in [4.78, 5) is 11.8. The van der Waals surface area contributed by atoms with Gasteiger partial charge in [0, 0.05) is 24.1 Å². The molecule has 2 atom stereocenters. The highest BCUT2D eigenvalue weighted by molar-refractivity contribution is 6.30. The summed E-state index contributed by atoms with van der Waals surface area (Å²) in [5.74, 6) is 0.157. The Morgan fingerprint density at radius 2 is 2.05 bits per heavy atom. The molecule has 0 saturated carbocycles. The number of aromatic nitrogens is 1. The fourth-order valence-electron chi connectivity index (χ4n) is 2.87. The van der Waals surface area contributed by atoms with Gasteiger partial charge in [0.25, 0.3) is 0 Å². The van der Waals surface area contributed by atoms with E-state index < -0.39 is 0 Å². The Morgan fingerprint density at radius 3 is 2.68 bits per heavy atom. The lowest BCUT2D eigenvalue weighted by atomic mass is 9.84. The number of ether oxygens (including phenoxy) is 2. The smallest absolute Gasteiger partial charge is 0.309 e. The maximum absolute atomic E-state index is 11.8. The van der Waals surface area contributed by atoms with Crippen molar-refractivity contribution in [2.45, 2.75) is 18.9 Å². The van der Waals surface area contributed by atoms with Crippen LogP contribution in [0.1, 0.15) is 23.8 Å². The molecule has 1 heterocycles. The summed E-state index contributed by atoms with van der Waals surface area (Å²) < 4.78 is 15.8. The second kappa shape index (κ2) is 6.10. The van der Waals surface area contributed by atoms with Crippen molar-refractivity contribution in [3.05, 3.63) is 40.6 Å². The first-order valence-corrected chi connectivity index (χ1v) is 7.36. The lowest BCUT2D eigenvalue weighted by molar-refractivity contribution is -0.147. The second-order valence-corrected chi connectivity index (χ2v) is 5.70. The zero-order valence-corrected chi connectivity index (χ0v) is 13.1. The van der Waals surface area contributed by atoms with Crippen LogP contribution in [0.4, 0.5) is 0 Å². The largest absolute Gasteiger partial charge is 0.469 e. The normalized spacial score (nSPS) is 20.5. The summed E-state index contributed by atoms with van der Waals surface area (Å²) in [5.41, 5.74) is 2.56. The Labute approximate surface area is 133 Å². The zero-order chi connectivity index (χ0) is 15.7. The quantitative estimate of drug-likeness (QED) is 0.811. The highest BCUT2D eigenvalue weighted by atomic mass is 35.5. The van der Waals surface area contributed by atoms with Gasteiger partial charge in [-0.05, 0) is 18.6 Å². The Balaban J connectivity index is 1.99. The van der Waals surface area contributed by atoms with E-state index in [2.05, 4.69) is 5.16 Å². The number of hydrogen-bond donors (Lipinski definition) is 0. The standard InChI is InChI=1S/C16H16ClNO4/c1-20-12-7-10(16(19)21-2)8-13-14(12)15(18-22-13)9-3-5-11(17)6-4-9/h3-6,10,12H,7-8H2,1-2H3. The van der Waals surface area contributed by atoms with E-state index in [-0.39, 0.29) is 18.0 Å². The third kappa shape index (κ3) is 2.62. The number of nitrogens with zero attached hydrogens (tertiary/aromatic N) is 1. The molecule has 0 aliphatic heterocycles. The van der Waals surface area contributed by atoms with E-state index in [1.807, 2.05) is 12.1 Å². The van der Waals surface area contributed by atoms with E-state index in [1.54, 1.807) is 19.2 Å². The van der Waals surface area contributed by atoms with Crippen LogP contribution >= 0.6 is 11.6 Å². The van der Waals surface area contributed by atoms with E-state index in [9.17, 15) is 4.79 Å². The fraction of sp³-hybridized carbons (Fsp3) is 0.375. The molecule has 5 nitrogen and oxygen atoms in total. The van der Waals surface area contributed by atoms with Gasteiger partial charge in [0.2, 0.25) is 0 Å². The predicted molar refractivity (Wildman–Crippen MR) is 80.5 cm³/mol. The molecule has 116 valence electrons. The third-order valence-electron chi connectivity index (χ3n) is 3.99. The molecule has 2 unspecified atom stereocenters. The molecular weight excluding hydrogens is 306 g/mol. The Hall–Kier alpha value is -1.85. The first-order chi connectivity index (χ1) is 10.6. The van der Waals surface area contributed by atoms with Gasteiger partial charge in [-0.15, -0.1) is 0 Å². The number of methoxy groups -OCH3 is 2. The number of hydrogen-bond acceptors (Lipinski definition) is 5. The van der Waals surface area contributed by atoms with Crippen LogP contribution in [-0.4, -0.2) is 25.3 Å². The topological polar surface area (TPSA) is 61.6 Å². The molecule has 2 aromatic rings. The summed E-state index contributed by atoms with van der Waals surface area (Å²) in [6.45, 7) is 0. The molecule has 1 aliphatic rings. The highest BCUT2D eigenvalue weighted by Crippen LogP contribution is 2.41. The van der Waals surface area contributed by atoms with E-state index in [4.69, 9.17) is 25.6 Å². The van der Waals surface area contributed by atoms with Crippen LogP contribution < -0.4 is 0 Å². The van der Waals surface area contributed by atoms with Gasteiger partial charge >= 0.3 is 5.97 Å². The molecule has 0 bridgehead atoms. The van der Waals surface area contributed by atoms with Crippen LogP contribution in [0.5, 0.6) is 0 Å². The Kier molecular flexibility index (Phi) is 4.18. The average Bonchev–Trinajstić information content (AvgIpc) is 2.98. The fourth-order valence-corrected chi connectivity index (χ4v) is 3.00. The molecule has 0 spiro atoms. The molecule has 0 saturated heterocycles. The first-order valence-electron chi connectivity index (χ1n) is 6.99. The van der Waals surface area contributed by atoms with Crippen molar-refractivity contribution in [2.24, 2.45) is 5.92 Å². The zero-order valence-electron chi connectivity index (χ0n) is 12.3. The summed E-state index contributed by atoms with van der Waals surface area (Å²) in [6.07, 6.45) is 0.783. The van der Waals surface area contributed by atoms with Crippen LogP contribution in [0.25, 0.3) is 11.3 Å². The lowest BCUT2D eigenvalue weighted by Crippen LogP contribution is -2.26. The molecule has 3 rings (SSSR count). The van der Waals surface area contributed by atoms with Crippen molar-refractivity contribution >= 4 is 17.6 Å². The maximum atomic E-state index is 11.8. The van der Waals surface area contributed by atoms with Crippen molar-refractivity contribution in [2.75, 3.05) is 14.2 Å². The van der Waals surface area contributed by atoms with Gasteiger partial charge in [0.1, 0.15) is 11.5 Å². The van der Waals surface area contributed by atoms with Crippen molar-refractivity contribution in [3.8, 4) is 11.3 Å². The number of esters is 1. The van der Waals surface area contributed by atoms with Crippen LogP contribution in [0.3, 0.4) is 0 Å². The average molecular weight is 322 g/mol. The molecule has 1 aliphatic carbocycles. The van der Waals surface area contributed by atoms with Crippen LogP contribution in [-0.2, 0) is 20.7 Å². The van der Waals surface area contributed by atoms with Gasteiger partial charge in [-0.1, -0.05) is 28.9 Å². The van der Waals surface area contributed by atoms with E-state index >= 15 is 0 Å². The van der Waals surface area contributed by atoms with Crippen molar-refractivity contribution in [3.63, 3.8) is 0 Å². The molecule has 0 amide bonds. The van der Waals surface area contributed by atoms with Gasteiger partial charge in [0.05, 0.1) is 24.7 Å². The summed E-state index contributed by atoms with van der Waals surface area (Å²) >= 11 is 5.92. The molecule has 0 N–H and O–H groups in total. The molecule has 0 fully saturated rings. The van der Waals surface area contributed by atoms with Crippen LogP contribution in [0.2, 0.25) is 5.02 Å². The lowest BCUT2D eigenvalue weighted by Gasteiger charge is -2.26. The molecule has 22 heavy (non-hydrogen) atoms. The summed E-state index contributed by atoms with van der Waals surface area (Å²) in [5, 5.41) is 4.83. The highest BCUT2D eigenvalue weighted by Gasteiger charge is 2.37. The van der Waals surface area contributed by atoms with Gasteiger partial charge in [-0.2, -0.15) is 0 Å². The van der Waals surface area contributed by atoms with Gasteiger partial charge in [-0.3, -0.25) is 4.79 Å². The number of carbonyl (C=O) groups is 1.